The molecule has 1 saturated heterocycles. The molecule has 0 saturated carbocycles. The molecule has 0 bridgehead atoms. The van der Waals surface area contributed by atoms with Gasteiger partial charge in [-0.25, -0.2) is 4.98 Å². The number of carbonyl (C=O) groups is 3. The first kappa shape index (κ1) is 25.2. The van der Waals surface area contributed by atoms with E-state index in [1.54, 1.807) is 17.0 Å². The zero-order valence-corrected chi connectivity index (χ0v) is 19.1. The van der Waals surface area contributed by atoms with E-state index in [1.807, 2.05) is 26.1 Å². The Balaban J connectivity index is 0.00000176. The highest BCUT2D eigenvalue weighted by molar-refractivity contribution is 5.97. The Hall–Kier alpha value is -3.04. The van der Waals surface area contributed by atoms with Gasteiger partial charge in [0.05, 0.1) is 6.17 Å². The lowest BCUT2D eigenvalue weighted by molar-refractivity contribution is -0.125. The van der Waals surface area contributed by atoms with Gasteiger partial charge in [0.2, 0.25) is 5.91 Å². The minimum absolute atomic E-state index is 0.0210. The summed E-state index contributed by atoms with van der Waals surface area (Å²) in [6, 6.07) is 4.73. The molecule has 9 nitrogen and oxygen atoms in total. The van der Waals surface area contributed by atoms with Gasteiger partial charge in [-0.1, -0.05) is 36.8 Å². The van der Waals surface area contributed by atoms with Crippen molar-refractivity contribution in [1.29, 1.82) is 0 Å². The Morgan fingerprint density at radius 1 is 1.22 bits per heavy atom. The third-order valence-corrected chi connectivity index (χ3v) is 5.46. The van der Waals surface area contributed by atoms with Gasteiger partial charge >= 0.3 is 0 Å². The lowest BCUT2D eigenvalue weighted by atomic mass is 9.94. The summed E-state index contributed by atoms with van der Waals surface area (Å²) in [7, 11) is 3.32. The molecule has 174 valence electrons. The van der Waals surface area contributed by atoms with Gasteiger partial charge in [-0.05, 0) is 58.3 Å². The van der Waals surface area contributed by atoms with Crippen molar-refractivity contribution in [2.24, 2.45) is 11.7 Å². The van der Waals surface area contributed by atoms with Crippen molar-refractivity contribution in [2.75, 3.05) is 20.6 Å². The van der Waals surface area contributed by atoms with Crippen molar-refractivity contribution in [3.05, 3.63) is 53.4 Å². The maximum absolute atomic E-state index is 12.7. The van der Waals surface area contributed by atoms with Gasteiger partial charge in [-0.15, -0.1) is 0 Å². The van der Waals surface area contributed by atoms with Gasteiger partial charge in [-0.2, -0.15) is 0 Å². The van der Waals surface area contributed by atoms with Gasteiger partial charge in [0.15, 0.2) is 0 Å². The molecule has 1 fully saturated rings. The fourth-order valence-corrected chi connectivity index (χ4v) is 3.75. The van der Waals surface area contributed by atoms with E-state index in [0.29, 0.717) is 13.0 Å². The van der Waals surface area contributed by atoms with Crippen LogP contribution in [0.4, 0.5) is 0 Å². The summed E-state index contributed by atoms with van der Waals surface area (Å²) in [6.45, 7) is 2.48. The first-order valence-corrected chi connectivity index (χ1v) is 11.0. The molecule has 1 aromatic heterocycles. The molecule has 2 heterocycles. The topological polar surface area (TPSA) is 129 Å². The number of hydrazine groups is 1. The largest absolute Gasteiger partial charge is 0.333 e. The molecular weight excluding hydrogens is 408 g/mol. The summed E-state index contributed by atoms with van der Waals surface area (Å²) < 4.78 is 0. The fraction of sp³-hybridized carbons (Fsp3) is 0.478. The number of amides is 3. The lowest BCUT2D eigenvalue weighted by Crippen LogP contribution is -2.45. The summed E-state index contributed by atoms with van der Waals surface area (Å²) in [6.07, 6.45) is 10.5. The van der Waals surface area contributed by atoms with Crippen LogP contribution in [0.25, 0.3) is 0 Å². The zero-order chi connectivity index (χ0) is 23.5. The predicted molar refractivity (Wildman–Crippen MR) is 123 cm³/mol. The third-order valence-electron chi connectivity index (χ3n) is 5.46. The second-order valence-corrected chi connectivity index (χ2v) is 7.69. The van der Waals surface area contributed by atoms with Gasteiger partial charge in [0.25, 0.3) is 11.8 Å². The Kier molecular flexibility index (Phi) is 10.0. The van der Waals surface area contributed by atoms with E-state index in [-0.39, 0.29) is 35.3 Å². The number of rotatable bonds is 6. The highest BCUT2D eigenvalue weighted by Crippen LogP contribution is 2.20. The van der Waals surface area contributed by atoms with Crippen LogP contribution in [0.3, 0.4) is 0 Å². The van der Waals surface area contributed by atoms with Gasteiger partial charge < -0.3 is 16.0 Å². The molecule has 9 heteroatoms. The van der Waals surface area contributed by atoms with Crippen LogP contribution < -0.4 is 21.9 Å². The SMILES string of the molecule is CN.CN[C@H]1CCCN1C(=O)c1cccc(C(=O)NNC(=O)C(C)CC2=CC=CCC2)n1. The van der Waals surface area contributed by atoms with Crippen LogP contribution in [-0.4, -0.2) is 54.4 Å². The van der Waals surface area contributed by atoms with Crippen LogP contribution >= 0.6 is 0 Å². The highest BCUT2D eigenvalue weighted by atomic mass is 16.2. The first-order valence-electron chi connectivity index (χ1n) is 11.0. The van der Waals surface area contributed by atoms with Gasteiger partial charge in [-0.3, -0.25) is 25.2 Å². The summed E-state index contributed by atoms with van der Waals surface area (Å²) in [5.74, 6) is -1.30. The molecule has 1 aliphatic heterocycles. The van der Waals surface area contributed by atoms with E-state index < -0.39 is 5.91 Å². The Morgan fingerprint density at radius 2 is 1.97 bits per heavy atom. The van der Waals surface area contributed by atoms with Crippen LogP contribution in [0.1, 0.15) is 60.0 Å². The van der Waals surface area contributed by atoms with Crippen molar-refractivity contribution in [1.82, 2.24) is 26.1 Å². The molecule has 2 atom stereocenters. The number of aromatic nitrogens is 1. The maximum Gasteiger partial charge on any atom is 0.288 e. The Bertz CT molecular complexity index is 867. The van der Waals surface area contributed by atoms with E-state index >= 15 is 0 Å². The molecule has 1 aromatic rings. The van der Waals surface area contributed by atoms with Gasteiger partial charge in [0.1, 0.15) is 11.4 Å². The number of allylic oxidation sites excluding steroid dienone is 4. The predicted octanol–water partition coefficient (Wildman–Crippen LogP) is 1.50. The molecule has 2 aliphatic rings. The van der Waals surface area contributed by atoms with Crippen LogP contribution in [0, 0.1) is 5.92 Å². The van der Waals surface area contributed by atoms with Crippen LogP contribution in [0.15, 0.2) is 42.0 Å². The fourth-order valence-electron chi connectivity index (χ4n) is 3.75. The molecule has 0 aromatic carbocycles. The molecule has 3 rings (SSSR count). The van der Waals surface area contributed by atoms with E-state index in [1.165, 1.54) is 18.7 Å². The monoisotopic (exact) mass is 442 g/mol. The maximum atomic E-state index is 12.7. The number of hydrogen-bond donors (Lipinski definition) is 4. The van der Waals surface area contributed by atoms with Crippen molar-refractivity contribution >= 4 is 17.7 Å². The number of nitrogens with one attached hydrogen (secondary N) is 3. The van der Waals surface area contributed by atoms with Crippen LogP contribution in [0.5, 0.6) is 0 Å². The minimum atomic E-state index is -0.559. The average Bonchev–Trinajstić information content (AvgIpc) is 3.32. The number of hydrogen-bond acceptors (Lipinski definition) is 6. The van der Waals surface area contributed by atoms with Crippen LogP contribution in [0.2, 0.25) is 0 Å². The molecular formula is C23H34N6O3. The highest BCUT2D eigenvalue weighted by Gasteiger charge is 2.29. The Labute approximate surface area is 189 Å². The van der Waals surface area contributed by atoms with Gasteiger partial charge in [0, 0.05) is 12.5 Å². The van der Waals surface area contributed by atoms with E-state index in [0.717, 1.165) is 25.7 Å². The van der Waals surface area contributed by atoms with Crippen molar-refractivity contribution in [3.8, 4) is 0 Å². The number of likely N-dealkylation sites (tertiary alicyclic amines) is 1. The van der Waals surface area contributed by atoms with Crippen LogP contribution in [-0.2, 0) is 4.79 Å². The average molecular weight is 443 g/mol. The number of nitrogens with zero attached hydrogens (tertiary/aromatic N) is 2. The molecule has 1 aliphatic carbocycles. The van der Waals surface area contributed by atoms with E-state index in [2.05, 4.69) is 33.0 Å². The number of nitrogens with two attached hydrogens (primary N) is 1. The molecule has 32 heavy (non-hydrogen) atoms. The summed E-state index contributed by atoms with van der Waals surface area (Å²) in [5.41, 5.74) is 10.9. The normalized spacial score (nSPS) is 18.2. The van der Waals surface area contributed by atoms with Crippen molar-refractivity contribution < 1.29 is 14.4 Å². The zero-order valence-electron chi connectivity index (χ0n) is 19.1. The van der Waals surface area contributed by atoms with E-state index in [4.69, 9.17) is 0 Å². The number of pyridine rings is 1. The smallest absolute Gasteiger partial charge is 0.288 e. The molecule has 3 amide bonds. The minimum Gasteiger partial charge on any atom is -0.333 e. The van der Waals surface area contributed by atoms with E-state index in [9.17, 15) is 14.4 Å². The standard InChI is InChI=1S/C22H29N5O3.CH5N/c1-15(14-16-8-4-3-5-9-16)20(28)25-26-21(29)17-10-6-11-18(24-17)22(30)27-13-7-12-19(27)23-2;1-2/h3-4,6,8,10-11,15,19,23H,5,7,9,12-14H2,1-2H3,(H,25,28)(H,26,29);2H2,1H3/t15?,19-;/m1./s1. The summed E-state index contributed by atoms with van der Waals surface area (Å²) in [5, 5.41) is 3.12. The quantitative estimate of drug-likeness (QED) is 0.494. The summed E-state index contributed by atoms with van der Waals surface area (Å²) >= 11 is 0. The molecule has 5 N–H and O–H groups in total. The molecule has 0 radical (unpaired) electrons. The van der Waals surface area contributed by atoms with Crippen molar-refractivity contribution in [3.63, 3.8) is 0 Å². The molecule has 1 unspecified atom stereocenters. The summed E-state index contributed by atoms with van der Waals surface area (Å²) in [4.78, 5) is 43.4. The molecule has 0 spiro atoms. The van der Waals surface area contributed by atoms with Crippen molar-refractivity contribution in [2.45, 2.75) is 45.2 Å². The second-order valence-electron chi connectivity index (χ2n) is 7.69. The third kappa shape index (κ3) is 6.73. The second kappa shape index (κ2) is 12.7. The lowest BCUT2D eigenvalue weighted by Gasteiger charge is -2.23. The Morgan fingerprint density at radius 3 is 2.66 bits per heavy atom. The number of carbonyl (C=O) groups excluding carboxylic acids is 3. The first-order chi connectivity index (χ1) is 15.5.